The standard InChI is InChI=1S/C13H12O.Na/c14-13-9-5-4-8-12(13)10-11-6-2-1-3-7-11;/h1-9,14H,10H2;/q;+1. The predicted molar refractivity (Wildman–Crippen MR) is 57.4 cm³/mol. The quantitative estimate of drug-likeness (QED) is 0.687. The Hall–Kier alpha value is -0.760. The Morgan fingerprint density at radius 1 is 0.800 bits per heavy atom. The van der Waals surface area contributed by atoms with Gasteiger partial charge in [-0.25, -0.2) is 0 Å². The fourth-order valence-corrected chi connectivity index (χ4v) is 1.48. The van der Waals surface area contributed by atoms with Crippen molar-refractivity contribution in [3.8, 4) is 5.75 Å². The van der Waals surface area contributed by atoms with E-state index in [-0.39, 0.29) is 29.6 Å². The molecule has 0 heterocycles. The van der Waals surface area contributed by atoms with E-state index < -0.39 is 0 Å². The zero-order valence-corrected chi connectivity index (χ0v) is 10.9. The molecular weight excluding hydrogens is 195 g/mol. The second-order valence-electron chi connectivity index (χ2n) is 3.29. The molecule has 0 fully saturated rings. The first-order valence-electron chi connectivity index (χ1n) is 4.67. The molecule has 0 aliphatic heterocycles. The van der Waals surface area contributed by atoms with Crippen LogP contribution in [-0.4, -0.2) is 5.11 Å². The van der Waals surface area contributed by atoms with E-state index in [1.165, 1.54) is 5.56 Å². The van der Waals surface area contributed by atoms with E-state index in [0.29, 0.717) is 5.75 Å². The maximum absolute atomic E-state index is 9.57. The first-order chi connectivity index (χ1) is 6.86. The summed E-state index contributed by atoms with van der Waals surface area (Å²) in [5.74, 6) is 0.372. The third kappa shape index (κ3) is 3.38. The molecule has 1 N–H and O–H groups in total. The Kier molecular flexibility index (Phi) is 4.89. The van der Waals surface area contributed by atoms with E-state index >= 15 is 0 Å². The summed E-state index contributed by atoms with van der Waals surface area (Å²) in [6.45, 7) is 0. The average Bonchev–Trinajstić information content (AvgIpc) is 2.23. The fourth-order valence-electron chi connectivity index (χ4n) is 1.48. The van der Waals surface area contributed by atoms with E-state index in [4.69, 9.17) is 0 Å². The largest absolute Gasteiger partial charge is 1.00 e. The third-order valence-electron chi connectivity index (χ3n) is 2.23. The van der Waals surface area contributed by atoms with Crippen LogP contribution in [0, 0.1) is 0 Å². The second kappa shape index (κ2) is 5.96. The van der Waals surface area contributed by atoms with E-state index in [1.54, 1.807) is 6.07 Å². The molecule has 0 radical (unpaired) electrons. The van der Waals surface area contributed by atoms with E-state index in [0.717, 1.165) is 12.0 Å². The minimum atomic E-state index is 0. The Labute approximate surface area is 112 Å². The van der Waals surface area contributed by atoms with Crippen LogP contribution < -0.4 is 29.6 Å². The number of para-hydroxylation sites is 1. The number of hydrogen-bond acceptors (Lipinski definition) is 1. The molecule has 0 saturated carbocycles. The Balaban J connectivity index is 0.00000112. The van der Waals surface area contributed by atoms with Gasteiger partial charge in [0.1, 0.15) is 5.75 Å². The van der Waals surface area contributed by atoms with Gasteiger partial charge in [-0.05, 0) is 17.2 Å². The number of rotatable bonds is 2. The van der Waals surface area contributed by atoms with E-state index in [9.17, 15) is 5.11 Å². The van der Waals surface area contributed by atoms with Gasteiger partial charge in [0.05, 0.1) is 0 Å². The summed E-state index contributed by atoms with van der Waals surface area (Å²) in [6.07, 6.45) is 0.785. The van der Waals surface area contributed by atoms with Gasteiger partial charge >= 0.3 is 29.6 Å². The second-order valence-corrected chi connectivity index (χ2v) is 3.29. The van der Waals surface area contributed by atoms with Gasteiger partial charge in [-0.3, -0.25) is 0 Å². The Morgan fingerprint density at radius 3 is 2.07 bits per heavy atom. The Bertz CT molecular complexity index is 412. The van der Waals surface area contributed by atoms with Gasteiger partial charge in [0.15, 0.2) is 0 Å². The van der Waals surface area contributed by atoms with Crippen molar-refractivity contribution in [3.05, 3.63) is 65.7 Å². The van der Waals surface area contributed by atoms with Gasteiger partial charge in [0.25, 0.3) is 0 Å². The molecule has 0 atom stereocenters. The van der Waals surface area contributed by atoms with Crippen molar-refractivity contribution >= 4 is 0 Å². The smallest absolute Gasteiger partial charge is 0.508 e. The van der Waals surface area contributed by atoms with Gasteiger partial charge in [0.2, 0.25) is 0 Å². The molecule has 2 rings (SSSR count). The van der Waals surface area contributed by atoms with Gasteiger partial charge in [-0.15, -0.1) is 0 Å². The van der Waals surface area contributed by atoms with Crippen molar-refractivity contribution in [1.82, 2.24) is 0 Å². The summed E-state index contributed by atoms with van der Waals surface area (Å²) in [5, 5.41) is 9.57. The Morgan fingerprint density at radius 2 is 1.40 bits per heavy atom. The number of hydrogen-bond donors (Lipinski definition) is 1. The number of benzene rings is 2. The summed E-state index contributed by atoms with van der Waals surface area (Å²) < 4.78 is 0. The van der Waals surface area contributed by atoms with Gasteiger partial charge in [-0.2, -0.15) is 0 Å². The molecule has 2 aromatic carbocycles. The topological polar surface area (TPSA) is 20.2 Å². The molecule has 0 bridgehead atoms. The van der Waals surface area contributed by atoms with Crippen LogP contribution >= 0.6 is 0 Å². The molecule has 0 aliphatic rings. The van der Waals surface area contributed by atoms with Crippen LogP contribution in [0.4, 0.5) is 0 Å². The molecule has 0 saturated heterocycles. The van der Waals surface area contributed by atoms with Crippen molar-refractivity contribution in [2.75, 3.05) is 0 Å². The maximum atomic E-state index is 9.57. The first-order valence-corrected chi connectivity index (χ1v) is 4.67. The first kappa shape index (κ1) is 12.3. The molecule has 0 amide bonds. The molecule has 2 heteroatoms. The van der Waals surface area contributed by atoms with Crippen molar-refractivity contribution in [3.63, 3.8) is 0 Å². The van der Waals surface area contributed by atoms with Crippen molar-refractivity contribution in [1.29, 1.82) is 0 Å². The van der Waals surface area contributed by atoms with E-state index in [2.05, 4.69) is 12.1 Å². The third-order valence-corrected chi connectivity index (χ3v) is 2.23. The number of phenols is 1. The van der Waals surface area contributed by atoms with Crippen LogP contribution in [0.15, 0.2) is 54.6 Å². The molecule has 2 aromatic rings. The monoisotopic (exact) mass is 207 g/mol. The average molecular weight is 207 g/mol. The van der Waals surface area contributed by atoms with Gasteiger partial charge < -0.3 is 5.11 Å². The van der Waals surface area contributed by atoms with Crippen LogP contribution in [0.2, 0.25) is 0 Å². The van der Waals surface area contributed by atoms with Crippen molar-refractivity contribution < 1.29 is 34.7 Å². The molecule has 0 aromatic heterocycles. The summed E-state index contributed by atoms with van der Waals surface area (Å²) in [7, 11) is 0. The van der Waals surface area contributed by atoms with Crippen molar-refractivity contribution in [2.45, 2.75) is 6.42 Å². The van der Waals surface area contributed by atoms with Gasteiger partial charge in [0, 0.05) is 6.42 Å². The summed E-state index contributed by atoms with van der Waals surface area (Å²) >= 11 is 0. The number of aromatic hydroxyl groups is 1. The van der Waals surface area contributed by atoms with Crippen LogP contribution in [0.1, 0.15) is 11.1 Å². The van der Waals surface area contributed by atoms with Crippen LogP contribution in [0.25, 0.3) is 0 Å². The fraction of sp³-hybridized carbons (Fsp3) is 0.0769. The van der Waals surface area contributed by atoms with Gasteiger partial charge in [-0.1, -0.05) is 48.5 Å². The molecule has 0 spiro atoms. The number of phenolic OH excluding ortho intramolecular Hbond substituents is 1. The molecule has 0 unspecified atom stereocenters. The normalized spacial score (nSPS) is 9.33. The predicted octanol–water partition coefficient (Wildman–Crippen LogP) is -0.0130. The van der Waals surface area contributed by atoms with Crippen LogP contribution in [0.5, 0.6) is 5.75 Å². The minimum absolute atomic E-state index is 0. The molecule has 70 valence electrons. The minimum Gasteiger partial charge on any atom is -0.508 e. The van der Waals surface area contributed by atoms with Crippen molar-refractivity contribution in [2.24, 2.45) is 0 Å². The summed E-state index contributed by atoms with van der Waals surface area (Å²) in [5.41, 5.74) is 2.19. The molecular formula is C13H12NaO+. The molecule has 1 nitrogen and oxygen atoms in total. The summed E-state index contributed by atoms with van der Waals surface area (Å²) in [6, 6.07) is 17.6. The zero-order chi connectivity index (χ0) is 9.80. The molecule has 0 aliphatic carbocycles. The van der Waals surface area contributed by atoms with Crippen LogP contribution in [-0.2, 0) is 6.42 Å². The maximum Gasteiger partial charge on any atom is 1.00 e. The zero-order valence-electron chi connectivity index (χ0n) is 8.85. The van der Waals surface area contributed by atoms with Crippen LogP contribution in [0.3, 0.4) is 0 Å². The SMILES string of the molecule is Oc1ccccc1Cc1ccccc1.[Na+]. The molecule has 15 heavy (non-hydrogen) atoms. The summed E-state index contributed by atoms with van der Waals surface area (Å²) in [4.78, 5) is 0. The van der Waals surface area contributed by atoms with E-state index in [1.807, 2.05) is 36.4 Å².